The Hall–Kier alpha value is -1.09. The van der Waals surface area contributed by atoms with Crippen LogP contribution in [-0.4, -0.2) is 23.1 Å². The molecule has 3 heteroatoms. The summed E-state index contributed by atoms with van der Waals surface area (Å²) in [4.78, 5) is 12.2. The van der Waals surface area contributed by atoms with Crippen LogP contribution in [-0.2, 0) is 17.7 Å². The molecule has 0 amide bonds. The maximum Gasteiger partial charge on any atom is 0.165 e. The average Bonchev–Trinajstić information content (AvgIpc) is 2.87. The topological polar surface area (TPSA) is 31.2 Å². The minimum atomic E-state index is 0.0952. The number of rotatable bonds is 2. The van der Waals surface area contributed by atoms with Crippen LogP contribution in [0.25, 0.3) is 0 Å². The Balaban J connectivity index is 1.86. The summed E-state index contributed by atoms with van der Waals surface area (Å²) in [5, 5.41) is 0. The summed E-state index contributed by atoms with van der Waals surface area (Å²) in [6.45, 7) is 8.39. The van der Waals surface area contributed by atoms with E-state index >= 15 is 0 Å². The summed E-state index contributed by atoms with van der Waals surface area (Å²) >= 11 is 0. The number of carbonyl (C=O) groups is 1. The number of ether oxygens (including phenoxy) is 1. The van der Waals surface area contributed by atoms with Gasteiger partial charge in [-0.2, -0.15) is 0 Å². The van der Waals surface area contributed by atoms with Gasteiger partial charge in [0.25, 0.3) is 0 Å². The SMILES string of the molecule is CC1OCCC1Cn1ccc2c1CC(C)(C)CC2=O. The molecular weight excluding hydrogens is 238 g/mol. The quantitative estimate of drug-likeness (QED) is 0.819. The molecule has 0 bridgehead atoms. The molecule has 2 atom stereocenters. The molecule has 1 aromatic heterocycles. The van der Waals surface area contributed by atoms with E-state index in [0.29, 0.717) is 24.2 Å². The van der Waals surface area contributed by atoms with Crippen molar-refractivity contribution in [2.45, 2.75) is 52.7 Å². The van der Waals surface area contributed by atoms with E-state index in [1.54, 1.807) is 0 Å². The second-order valence-corrected chi connectivity index (χ2v) is 6.89. The number of hydrogen-bond donors (Lipinski definition) is 0. The lowest BCUT2D eigenvalue weighted by atomic mass is 9.76. The normalized spacial score (nSPS) is 29.5. The third kappa shape index (κ3) is 2.36. The van der Waals surface area contributed by atoms with Crippen molar-refractivity contribution in [2.24, 2.45) is 11.3 Å². The number of hydrogen-bond acceptors (Lipinski definition) is 2. The van der Waals surface area contributed by atoms with Gasteiger partial charge in [-0.1, -0.05) is 13.8 Å². The zero-order valence-electron chi connectivity index (χ0n) is 12.1. The van der Waals surface area contributed by atoms with Crippen molar-refractivity contribution >= 4 is 5.78 Å². The van der Waals surface area contributed by atoms with E-state index < -0.39 is 0 Å². The molecular formula is C16H23NO2. The molecule has 1 aliphatic carbocycles. The lowest BCUT2D eigenvalue weighted by molar-refractivity contribution is 0.0907. The van der Waals surface area contributed by atoms with E-state index in [4.69, 9.17) is 4.74 Å². The molecule has 1 aliphatic heterocycles. The van der Waals surface area contributed by atoms with Gasteiger partial charge in [0, 0.05) is 42.9 Å². The van der Waals surface area contributed by atoms with E-state index in [2.05, 4.69) is 31.5 Å². The van der Waals surface area contributed by atoms with Gasteiger partial charge in [-0.25, -0.2) is 0 Å². The van der Waals surface area contributed by atoms with E-state index in [1.165, 1.54) is 5.69 Å². The molecule has 2 heterocycles. The first kappa shape index (κ1) is 12.9. The van der Waals surface area contributed by atoms with Gasteiger partial charge in [0.05, 0.1) is 6.10 Å². The van der Waals surface area contributed by atoms with Gasteiger partial charge in [-0.05, 0) is 31.2 Å². The van der Waals surface area contributed by atoms with Gasteiger partial charge < -0.3 is 9.30 Å². The highest BCUT2D eigenvalue weighted by Crippen LogP contribution is 2.36. The molecule has 0 N–H and O–H groups in total. The molecule has 1 fully saturated rings. The Morgan fingerprint density at radius 2 is 2.21 bits per heavy atom. The fourth-order valence-electron chi connectivity index (χ4n) is 3.44. The maximum atomic E-state index is 12.2. The van der Waals surface area contributed by atoms with Crippen molar-refractivity contribution in [3.8, 4) is 0 Å². The number of fused-ring (bicyclic) bond motifs is 1. The molecule has 19 heavy (non-hydrogen) atoms. The number of nitrogens with zero attached hydrogens (tertiary/aromatic N) is 1. The van der Waals surface area contributed by atoms with Crippen LogP contribution in [0.3, 0.4) is 0 Å². The number of carbonyl (C=O) groups excluding carboxylic acids is 1. The Morgan fingerprint density at radius 3 is 2.89 bits per heavy atom. The standard InChI is InChI=1S/C16H23NO2/c1-11-12(5-7-19-11)10-17-6-4-13-14(17)8-16(2,3)9-15(13)18/h4,6,11-12H,5,7-10H2,1-3H3. The molecule has 0 aromatic carbocycles. The molecule has 1 saturated heterocycles. The third-order valence-corrected chi connectivity index (χ3v) is 4.63. The van der Waals surface area contributed by atoms with Crippen LogP contribution in [0.5, 0.6) is 0 Å². The van der Waals surface area contributed by atoms with E-state index in [1.807, 2.05) is 6.07 Å². The van der Waals surface area contributed by atoms with Gasteiger partial charge in [0.2, 0.25) is 0 Å². The Labute approximate surface area is 114 Å². The Morgan fingerprint density at radius 1 is 1.42 bits per heavy atom. The van der Waals surface area contributed by atoms with Crippen molar-refractivity contribution in [1.82, 2.24) is 4.57 Å². The lowest BCUT2D eigenvalue weighted by Crippen LogP contribution is -2.29. The zero-order chi connectivity index (χ0) is 13.6. The second-order valence-electron chi connectivity index (χ2n) is 6.89. The summed E-state index contributed by atoms with van der Waals surface area (Å²) in [6.07, 6.45) is 5.24. The first-order valence-electron chi connectivity index (χ1n) is 7.29. The monoisotopic (exact) mass is 261 g/mol. The summed E-state index contributed by atoms with van der Waals surface area (Å²) in [6, 6.07) is 2.01. The molecule has 0 saturated carbocycles. The third-order valence-electron chi connectivity index (χ3n) is 4.63. The summed E-state index contributed by atoms with van der Waals surface area (Å²) in [5.41, 5.74) is 2.28. The van der Waals surface area contributed by atoms with Gasteiger partial charge in [-0.15, -0.1) is 0 Å². The van der Waals surface area contributed by atoms with Crippen LogP contribution in [0, 0.1) is 11.3 Å². The predicted molar refractivity (Wildman–Crippen MR) is 74.4 cm³/mol. The summed E-state index contributed by atoms with van der Waals surface area (Å²) < 4.78 is 7.94. The van der Waals surface area contributed by atoms with E-state index in [0.717, 1.165) is 31.6 Å². The smallest absolute Gasteiger partial charge is 0.165 e. The fraction of sp³-hybridized carbons (Fsp3) is 0.688. The van der Waals surface area contributed by atoms with Crippen molar-refractivity contribution < 1.29 is 9.53 Å². The van der Waals surface area contributed by atoms with Crippen LogP contribution in [0.4, 0.5) is 0 Å². The van der Waals surface area contributed by atoms with Crippen LogP contribution in [0.1, 0.15) is 49.7 Å². The summed E-state index contributed by atoms with van der Waals surface area (Å²) in [7, 11) is 0. The molecule has 2 unspecified atom stereocenters. The molecule has 0 spiro atoms. The van der Waals surface area contributed by atoms with Crippen LogP contribution < -0.4 is 0 Å². The number of ketones is 1. The van der Waals surface area contributed by atoms with Crippen LogP contribution in [0.15, 0.2) is 12.3 Å². The molecule has 1 aromatic rings. The van der Waals surface area contributed by atoms with E-state index in [9.17, 15) is 4.79 Å². The first-order chi connectivity index (χ1) is 8.96. The molecule has 2 aliphatic rings. The summed E-state index contributed by atoms with van der Waals surface area (Å²) in [5.74, 6) is 0.886. The average molecular weight is 261 g/mol. The first-order valence-corrected chi connectivity index (χ1v) is 7.29. The number of Topliss-reactive ketones (excluding diaryl/α,β-unsaturated/α-hetero) is 1. The Bertz CT molecular complexity index is 501. The molecule has 3 nitrogen and oxygen atoms in total. The highest BCUT2D eigenvalue weighted by Gasteiger charge is 2.34. The minimum absolute atomic E-state index is 0.0952. The van der Waals surface area contributed by atoms with Crippen molar-refractivity contribution in [3.05, 3.63) is 23.5 Å². The van der Waals surface area contributed by atoms with E-state index in [-0.39, 0.29) is 5.41 Å². The molecule has 0 radical (unpaired) electrons. The second kappa shape index (κ2) is 4.48. The molecule has 104 valence electrons. The highest BCUT2D eigenvalue weighted by atomic mass is 16.5. The maximum absolute atomic E-state index is 12.2. The lowest BCUT2D eigenvalue weighted by Gasteiger charge is -2.30. The zero-order valence-corrected chi connectivity index (χ0v) is 12.1. The predicted octanol–water partition coefficient (Wildman–Crippen LogP) is 3.07. The minimum Gasteiger partial charge on any atom is -0.378 e. The van der Waals surface area contributed by atoms with Gasteiger partial charge in [0.1, 0.15) is 0 Å². The largest absolute Gasteiger partial charge is 0.378 e. The number of aromatic nitrogens is 1. The van der Waals surface area contributed by atoms with Gasteiger partial charge >= 0.3 is 0 Å². The van der Waals surface area contributed by atoms with Gasteiger partial charge in [-0.3, -0.25) is 4.79 Å². The fourth-order valence-corrected chi connectivity index (χ4v) is 3.44. The molecule has 3 rings (SSSR count). The van der Waals surface area contributed by atoms with Crippen molar-refractivity contribution in [2.75, 3.05) is 6.61 Å². The van der Waals surface area contributed by atoms with Crippen molar-refractivity contribution in [1.29, 1.82) is 0 Å². The van der Waals surface area contributed by atoms with Crippen LogP contribution >= 0.6 is 0 Å². The van der Waals surface area contributed by atoms with Crippen LogP contribution in [0.2, 0.25) is 0 Å². The van der Waals surface area contributed by atoms with Crippen molar-refractivity contribution in [3.63, 3.8) is 0 Å². The van der Waals surface area contributed by atoms with Gasteiger partial charge in [0.15, 0.2) is 5.78 Å². The highest BCUT2D eigenvalue weighted by molar-refractivity contribution is 5.98. The Kier molecular flexibility index (Phi) is 3.05.